The van der Waals surface area contributed by atoms with Crippen molar-refractivity contribution in [2.24, 2.45) is 0 Å². The molecule has 0 saturated carbocycles. The number of aromatic nitrogens is 5. The van der Waals surface area contributed by atoms with Crippen LogP contribution in [0.5, 0.6) is 5.75 Å². The molecular formula is C21H20N6O4. The lowest BCUT2D eigenvalue weighted by Gasteiger charge is -2.13. The monoisotopic (exact) mass is 420 g/mol. The second-order valence-electron chi connectivity index (χ2n) is 6.73. The number of nitrogens with zero attached hydrogens (tertiary/aromatic N) is 5. The summed E-state index contributed by atoms with van der Waals surface area (Å²) < 4.78 is 7.12. The molecule has 158 valence electrons. The molecule has 0 aliphatic rings. The maximum Gasteiger partial charge on any atom is 0.277 e. The zero-order chi connectivity index (χ0) is 21.8. The standard InChI is InChI=1S/C21H20N6O4/c1-13-20(21(30)25-18-8-9-22-12-23-18)27-19(24-13)7-6-16(26-27)15-4-2-3-5-17(15)31-11-14(29)10-28/h2-9,12,14,28-29H,10-11H2,1H3,(H,22,23,25,30)/t14-/m0/s1. The number of hydrogen-bond donors (Lipinski definition) is 3. The fourth-order valence-electron chi connectivity index (χ4n) is 3.03. The molecule has 3 aromatic heterocycles. The van der Waals surface area contributed by atoms with Crippen molar-refractivity contribution in [2.45, 2.75) is 13.0 Å². The Bertz CT molecular complexity index is 1210. The summed E-state index contributed by atoms with van der Waals surface area (Å²) in [6.07, 6.45) is 1.89. The topological polar surface area (TPSA) is 135 Å². The van der Waals surface area contributed by atoms with E-state index in [1.165, 1.54) is 17.0 Å². The maximum atomic E-state index is 12.9. The highest BCUT2D eigenvalue weighted by Crippen LogP contribution is 2.29. The van der Waals surface area contributed by atoms with Gasteiger partial charge in [0.05, 0.1) is 18.0 Å². The molecule has 0 saturated heterocycles. The van der Waals surface area contributed by atoms with Crippen LogP contribution in [0, 0.1) is 6.92 Å². The molecule has 0 aliphatic heterocycles. The zero-order valence-corrected chi connectivity index (χ0v) is 16.6. The number of aliphatic hydroxyl groups is 2. The van der Waals surface area contributed by atoms with E-state index in [9.17, 15) is 9.90 Å². The van der Waals surface area contributed by atoms with Crippen molar-refractivity contribution in [1.29, 1.82) is 0 Å². The number of ether oxygens (including phenoxy) is 1. The molecule has 10 heteroatoms. The van der Waals surface area contributed by atoms with Crippen LogP contribution in [-0.4, -0.2) is 60.0 Å². The van der Waals surface area contributed by atoms with Gasteiger partial charge in [0.15, 0.2) is 11.3 Å². The van der Waals surface area contributed by atoms with Gasteiger partial charge in [0.1, 0.15) is 30.6 Å². The van der Waals surface area contributed by atoms with Crippen LogP contribution in [0.1, 0.15) is 16.2 Å². The van der Waals surface area contributed by atoms with Gasteiger partial charge in [-0.05, 0) is 37.3 Å². The molecule has 4 aromatic rings. The lowest BCUT2D eigenvalue weighted by atomic mass is 10.1. The van der Waals surface area contributed by atoms with Gasteiger partial charge in [-0.3, -0.25) is 4.79 Å². The fourth-order valence-corrected chi connectivity index (χ4v) is 3.03. The first-order valence-corrected chi connectivity index (χ1v) is 9.51. The minimum atomic E-state index is -0.989. The number of nitrogens with one attached hydrogen (secondary N) is 1. The third kappa shape index (κ3) is 4.34. The molecule has 0 radical (unpaired) electrons. The van der Waals surface area contributed by atoms with E-state index >= 15 is 0 Å². The molecule has 3 heterocycles. The number of aliphatic hydroxyl groups excluding tert-OH is 2. The Labute approximate surface area is 177 Å². The molecule has 3 N–H and O–H groups in total. The summed E-state index contributed by atoms with van der Waals surface area (Å²) >= 11 is 0. The van der Waals surface area contributed by atoms with E-state index in [0.29, 0.717) is 34.2 Å². The molecule has 1 aromatic carbocycles. The van der Waals surface area contributed by atoms with Gasteiger partial charge in [0.25, 0.3) is 5.91 Å². The highest BCUT2D eigenvalue weighted by Gasteiger charge is 2.19. The summed E-state index contributed by atoms with van der Waals surface area (Å²) in [6.45, 7) is 1.27. The first kappa shape index (κ1) is 20.4. The molecule has 0 spiro atoms. The summed E-state index contributed by atoms with van der Waals surface area (Å²) in [7, 11) is 0. The quantitative estimate of drug-likeness (QED) is 0.409. The van der Waals surface area contributed by atoms with Gasteiger partial charge >= 0.3 is 0 Å². The van der Waals surface area contributed by atoms with E-state index in [1.807, 2.05) is 12.1 Å². The Balaban J connectivity index is 1.70. The van der Waals surface area contributed by atoms with Crippen molar-refractivity contribution in [3.05, 3.63) is 66.4 Å². The van der Waals surface area contributed by atoms with Crippen LogP contribution in [0.2, 0.25) is 0 Å². The van der Waals surface area contributed by atoms with Gasteiger partial charge in [0.2, 0.25) is 0 Å². The van der Waals surface area contributed by atoms with Crippen molar-refractivity contribution in [1.82, 2.24) is 24.6 Å². The first-order chi connectivity index (χ1) is 15.1. The molecule has 4 rings (SSSR count). The minimum absolute atomic E-state index is 0.0630. The number of para-hydroxylation sites is 1. The number of carbonyl (C=O) groups excluding carboxylic acids is 1. The van der Waals surface area contributed by atoms with Crippen LogP contribution in [0.25, 0.3) is 16.9 Å². The van der Waals surface area contributed by atoms with Crippen LogP contribution in [0.15, 0.2) is 55.0 Å². The van der Waals surface area contributed by atoms with Gasteiger partial charge in [-0.1, -0.05) is 12.1 Å². The van der Waals surface area contributed by atoms with Gasteiger partial charge in [-0.15, -0.1) is 0 Å². The Morgan fingerprint density at radius 1 is 1.23 bits per heavy atom. The number of aryl methyl sites for hydroxylation is 1. The predicted octanol–water partition coefficient (Wildman–Crippen LogP) is 1.48. The number of hydrogen-bond acceptors (Lipinski definition) is 8. The van der Waals surface area contributed by atoms with Gasteiger partial charge < -0.3 is 20.3 Å². The van der Waals surface area contributed by atoms with E-state index in [1.54, 1.807) is 37.3 Å². The van der Waals surface area contributed by atoms with Crippen LogP contribution in [0.3, 0.4) is 0 Å². The van der Waals surface area contributed by atoms with Crippen molar-refractivity contribution in [3.8, 4) is 17.0 Å². The molecule has 0 fully saturated rings. The van der Waals surface area contributed by atoms with Crippen molar-refractivity contribution < 1.29 is 19.7 Å². The fraction of sp³-hybridized carbons (Fsp3) is 0.190. The first-order valence-electron chi connectivity index (χ1n) is 9.51. The molecule has 0 bridgehead atoms. The van der Waals surface area contributed by atoms with E-state index in [4.69, 9.17) is 9.84 Å². The number of carbonyl (C=O) groups is 1. The van der Waals surface area contributed by atoms with Gasteiger partial charge in [-0.2, -0.15) is 5.10 Å². The molecular weight excluding hydrogens is 400 g/mol. The Morgan fingerprint density at radius 3 is 2.84 bits per heavy atom. The number of imidazole rings is 1. The average molecular weight is 420 g/mol. The van der Waals surface area contributed by atoms with E-state index in [0.717, 1.165) is 0 Å². The Morgan fingerprint density at radius 2 is 2.06 bits per heavy atom. The number of rotatable bonds is 7. The lowest BCUT2D eigenvalue weighted by molar-refractivity contribution is 0.0538. The van der Waals surface area contributed by atoms with E-state index in [-0.39, 0.29) is 12.3 Å². The van der Waals surface area contributed by atoms with Crippen molar-refractivity contribution in [3.63, 3.8) is 0 Å². The second-order valence-corrected chi connectivity index (χ2v) is 6.73. The number of anilines is 1. The molecule has 1 atom stereocenters. The summed E-state index contributed by atoms with van der Waals surface area (Å²) in [5.74, 6) is 0.460. The molecule has 1 amide bonds. The normalized spacial score (nSPS) is 12.0. The Hall–Kier alpha value is -3.89. The maximum absolute atomic E-state index is 12.9. The van der Waals surface area contributed by atoms with Crippen LogP contribution in [0.4, 0.5) is 5.82 Å². The zero-order valence-electron chi connectivity index (χ0n) is 16.6. The summed E-state index contributed by atoms with van der Waals surface area (Å²) in [6, 6.07) is 12.3. The van der Waals surface area contributed by atoms with E-state index in [2.05, 4.69) is 25.4 Å². The third-order valence-corrected chi connectivity index (χ3v) is 4.50. The molecule has 0 aliphatic carbocycles. The van der Waals surface area contributed by atoms with Crippen LogP contribution >= 0.6 is 0 Å². The van der Waals surface area contributed by atoms with Crippen molar-refractivity contribution >= 4 is 17.4 Å². The van der Waals surface area contributed by atoms with Gasteiger partial charge in [-0.25, -0.2) is 19.5 Å². The minimum Gasteiger partial charge on any atom is -0.490 e. The Kier molecular flexibility index (Phi) is 5.83. The lowest BCUT2D eigenvalue weighted by Crippen LogP contribution is -2.21. The SMILES string of the molecule is Cc1nc2ccc(-c3ccccc3OC[C@@H](O)CO)nn2c1C(=O)Nc1ccncn1. The summed E-state index contributed by atoms with van der Waals surface area (Å²) in [5.41, 5.74) is 2.54. The largest absolute Gasteiger partial charge is 0.490 e. The highest BCUT2D eigenvalue weighted by atomic mass is 16.5. The molecule has 10 nitrogen and oxygen atoms in total. The third-order valence-electron chi connectivity index (χ3n) is 4.50. The highest BCUT2D eigenvalue weighted by molar-refractivity contribution is 6.03. The second kappa shape index (κ2) is 8.86. The number of benzene rings is 1. The smallest absolute Gasteiger partial charge is 0.277 e. The van der Waals surface area contributed by atoms with Crippen LogP contribution < -0.4 is 10.1 Å². The van der Waals surface area contributed by atoms with Crippen molar-refractivity contribution in [2.75, 3.05) is 18.5 Å². The summed E-state index contributed by atoms with van der Waals surface area (Å²) in [4.78, 5) is 25.1. The average Bonchev–Trinajstić information content (AvgIpc) is 3.13. The van der Waals surface area contributed by atoms with E-state index < -0.39 is 18.6 Å². The number of amides is 1. The predicted molar refractivity (Wildman–Crippen MR) is 112 cm³/mol. The number of fused-ring (bicyclic) bond motifs is 1. The van der Waals surface area contributed by atoms with Gasteiger partial charge in [0, 0.05) is 11.8 Å². The molecule has 0 unspecified atom stereocenters. The molecule has 31 heavy (non-hydrogen) atoms. The summed E-state index contributed by atoms with van der Waals surface area (Å²) in [5, 5.41) is 25.9. The van der Waals surface area contributed by atoms with Crippen LogP contribution in [-0.2, 0) is 0 Å².